The largest absolute Gasteiger partial charge is 0.481 e. The van der Waals surface area contributed by atoms with Gasteiger partial charge in [0.1, 0.15) is 0 Å². The fourth-order valence-electron chi connectivity index (χ4n) is 3.53. The number of amides is 1. The smallest absolute Gasteiger partial charge is 0.303 e. The molecule has 0 aliphatic carbocycles. The van der Waals surface area contributed by atoms with E-state index in [1.165, 1.54) is 0 Å². The number of benzene rings is 1. The number of aliphatic hydroxyl groups is 1. The first-order valence-electron chi connectivity index (χ1n) is 9.98. The van der Waals surface area contributed by atoms with E-state index in [0.29, 0.717) is 25.8 Å². The van der Waals surface area contributed by atoms with Gasteiger partial charge in [-0.2, -0.15) is 0 Å². The van der Waals surface area contributed by atoms with Crippen LogP contribution in [0.2, 0.25) is 0 Å². The Morgan fingerprint density at radius 1 is 1.19 bits per heavy atom. The van der Waals surface area contributed by atoms with Crippen molar-refractivity contribution in [3.63, 3.8) is 0 Å². The maximum Gasteiger partial charge on any atom is 0.303 e. The molecule has 0 saturated carbocycles. The van der Waals surface area contributed by atoms with E-state index in [0.717, 1.165) is 37.7 Å². The Morgan fingerprint density at radius 2 is 1.93 bits per heavy atom. The lowest BCUT2D eigenvalue weighted by atomic mass is 9.99. The quantitative estimate of drug-likeness (QED) is 0.459. The Kier molecular flexibility index (Phi) is 9.05. The predicted octanol–water partition coefficient (Wildman–Crippen LogP) is 3.56. The first-order chi connectivity index (χ1) is 13.1. The highest BCUT2D eigenvalue weighted by molar-refractivity contribution is 5.77. The zero-order valence-electron chi connectivity index (χ0n) is 15.9. The lowest BCUT2D eigenvalue weighted by molar-refractivity contribution is -0.137. The molecule has 0 spiro atoms. The van der Waals surface area contributed by atoms with Crippen molar-refractivity contribution in [3.8, 4) is 0 Å². The van der Waals surface area contributed by atoms with E-state index >= 15 is 0 Å². The number of carbonyl (C=O) groups is 2. The molecule has 148 valence electrons. The van der Waals surface area contributed by atoms with Gasteiger partial charge in [-0.1, -0.05) is 55.3 Å². The highest BCUT2D eigenvalue weighted by Crippen LogP contribution is 2.21. The van der Waals surface area contributed by atoms with E-state index in [1.54, 1.807) is 0 Å². The van der Waals surface area contributed by atoms with Crippen LogP contribution < -0.4 is 0 Å². The van der Waals surface area contributed by atoms with Gasteiger partial charge in [0.2, 0.25) is 5.91 Å². The van der Waals surface area contributed by atoms with Gasteiger partial charge in [0.25, 0.3) is 0 Å². The molecule has 1 aliphatic heterocycles. The summed E-state index contributed by atoms with van der Waals surface area (Å²) in [7, 11) is 0. The van der Waals surface area contributed by atoms with Crippen molar-refractivity contribution in [2.45, 2.75) is 69.9 Å². The van der Waals surface area contributed by atoms with Crippen molar-refractivity contribution < 1.29 is 19.8 Å². The van der Waals surface area contributed by atoms with Crippen LogP contribution in [0.4, 0.5) is 0 Å². The zero-order chi connectivity index (χ0) is 19.5. The third-order valence-corrected chi connectivity index (χ3v) is 4.99. The number of unbranched alkanes of at least 4 members (excludes halogenated alkanes) is 3. The van der Waals surface area contributed by atoms with Crippen molar-refractivity contribution >= 4 is 11.9 Å². The molecule has 2 N–H and O–H groups in total. The molecule has 5 heteroatoms. The number of carboxylic acids is 1. The third kappa shape index (κ3) is 7.95. The Morgan fingerprint density at radius 3 is 2.67 bits per heavy atom. The number of nitrogens with zero attached hydrogens (tertiary/aromatic N) is 1. The van der Waals surface area contributed by atoms with Crippen molar-refractivity contribution in [2.24, 2.45) is 0 Å². The molecule has 1 heterocycles. The van der Waals surface area contributed by atoms with Crippen LogP contribution >= 0.6 is 0 Å². The Hall–Kier alpha value is -2.14. The first kappa shape index (κ1) is 21.2. The molecule has 1 saturated heterocycles. The fraction of sp³-hybridized carbons (Fsp3) is 0.545. The minimum absolute atomic E-state index is 0.0516. The van der Waals surface area contributed by atoms with Gasteiger partial charge >= 0.3 is 5.97 Å². The highest BCUT2D eigenvalue weighted by atomic mass is 16.4. The molecule has 5 nitrogen and oxygen atoms in total. The van der Waals surface area contributed by atoms with E-state index < -0.39 is 12.1 Å². The molecule has 2 unspecified atom stereocenters. The molecule has 0 radical (unpaired) electrons. The van der Waals surface area contributed by atoms with Crippen LogP contribution in [0.15, 0.2) is 42.5 Å². The SMILES string of the molecule is O=C(O)CCCCCCN1C(=O)CCCC1C=CC(O)Cc1ccccc1. The minimum atomic E-state index is -0.750. The molecule has 27 heavy (non-hydrogen) atoms. The topological polar surface area (TPSA) is 77.8 Å². The predicted molar refractivity (Wildman–Crippen MR) is 105 cm³/mol. The molecule has 0 bridgehead atoms. The Labute approximate surface area is 161 Å². The van der Waals surface area contributed by atoms with Gasteiger partial charge < -0.3 is 15.1 Å². The number of hydrogen-bond acceptors (Lipinski definition) is 3. The lowest BCUT2D eigenvalue weighted by Crippen LogP contribution is -2.43. The van der Waals surface area contributed by atoms with Gasteiger partial charge in [0, 0.05) is 25.8 Å². The van der Waals surface area contributed by atoms with Crippen LogP contribution in [0, 0.1) is 0 Å². The zero-order valence-corrected chi connectivity index (χ0v) is 15.9. The number of carbonyl (C=O) groups excluding carboxylic acids is 1. The molecular weight excluding hydrogens is 342 g/mol. The normalized spacial score (nSPS) is 18.8. The number of aliphatic carboxylic acids is 1. The summed E-state index contributed by atoms with van der Waals surface area (Å²) in [4.78, 5) is 24.8. The van der Waals surface area contributed by atoms with Crippen molar-refractivity contribution in [1.29, 1.82) is 0 Å². The van der Waals surface area contributed by atoms with E-state index in [4.69, 9.17) is 5.11 Å². The molecular formula is C22H31NO4. The summed E-state index contributed by atoms with van der Waals surface area (Å²) >= 11 is 0. The van der Waals surface area contributed by atoms with Crippen molar-refractivity contribution in [1.82, 2.24) is 4.90 Å². The van der Waals surface area contributed by atoms with Gasteiger partial charge in [0.15, 0.2) is 0 Å². The molecule has 1 aromatic rings. The van der Waals surface area contributed by atoms with E-state index in [1.807, 2.05) is 47.4 Å². The second-order valence-corrected chi connectivity index (χ2v) is 7.25. The monoisotopic (exact) mass is 373 g/mol. The van der Waals surface area contributed by atoms with E-state index in [2.05, 4.69) is 0 Å². The molecule has 1 amide bonds. The van der Waals surface area contributed by atoms with Gasteiger partial charge in [-0.05, 0) is 31.2 Å². The number of carboxylic acid groups (broad SMARTS) is 1. The summed E-state index contributed by atoms with van der Waals surface area (Å²) in [6, 6.07) is 9.93. The number of piperidine rings is 1. The molecule has 2 atom stereocenters. The van der Waals surface area contributed by atoms with Gasteiger partial charge in [0.05, 0.1) is 12.1 Å². The van der Waals surface area contributed by atoms with Crippen LogP contribution in [-0.4, -0.2) is 45.7 Å². The molecule has 1 aliphatic rings. The highest BCUT2D eigenvalue weighted by Gasteiger charge is 2.25. The Bertz CT molecular complexity index is 614. The summed E-state index contributed by atoms with van der Waals surface area (Å²) < 4.78 is 0. The standard InChI is InChI=1S/C22H31NO4/c24-20(17-18-9-4-3-5-10-18)15-14-19-11-8-12-21(25)23(19)16-7-2-1-6-13-22(26)27/h3-5,9-10,14-15,19-20,24H,1-2,6-8,11-13,16-17H2,(H,26,27). The van der Waals surface area contributed by atoms with Crippen molar-refractivity contribution in [3.05, 3.63) is 48.0 Å². The maximum absolute atomic E-state index is 12.3. The van der Waals surface area contributed by atoms with Crippen LogP contribution in [0.3, 0.4) is 0 Å². The number of rotatable bonds is 11. The summed E-state index contributed by atoms with van der Waals surface area (Å²) in [6.07, 6.45) is 9.84. The summed E-state index contributed by atoms with van der Waals surface area (Å²) in [5.74, 6) is -0.570. The van der Waals surface area contributed by atoms with Crippen LogP contribution in [0.25, 0.3) is 0 Å². The first-order valence-corrected chi connectivity index (χ1v) is 9.98. The Balaban J connectivity index is 1.79. The third-order valence-electron chi connectivity index (χ3n) is 4.99. The molecule has 1 aromatic carbocycles. The molecule has 2 rings (SSSR count). The van der Waals surface area contributed by atoms with Crippen LogP contribution in [0.1, 0.15) is 56.9 Å². The summed E-state index contributed by atoms with van der Waals surface area (Å²) in [5.41, 5.74) is 1.09. The average Bonchev–Trinajstić information content (AvgIpc) is 2.65. The van der Waals surface area contributed by atoms with E-state index in [9.17, 15) is 14.7 Å². The number of hydrogen-bond donors (Lipinski definition) is 2. The van der Waals surface area contributed by atoms with Gasteiger partial charge in [-0.25, -0.2) is 0 Å². The minimum Gasteiger partial charge on any atom is -0.481 e. The summed E-state index contributed by atoms with van der Waals surface area (Å²) in [5, 5.41) is 18.9. The maximum atomic E-state index is 12.3. The fourth-order valence-corrected chi connectivity index (χ4v) is 3.53. The van der Waals surface area contributed by atoms with E-state index in [-0.39, 0.29) is 18.4 Å². The van der Waals surface area contributed by atoms with Gasteiger partial charge in [-0.3, -0.25) is 9.59 Å². The van der Waals surface area contributed by atoms with Gasteiger partial charge in [-0.15, -0.1) is 0 Å². The van der Waals surface area contributed by atoms with Crippen LogP contribution in [-0.2, 0) is 16.0 Å². The number of aliphatic hydroxyl groups excluding tert-OH is 1. The molecule has 1 fully saturated rings. The second-order valence-electron chi connectivity index (χ2n) is 7.25. The second kappa shape index (κ2) is 11.5. The van der Waals surface area contributed by atoms with Crippen LogP contribution in [0.5, 0.6) is 0 Å². The van der Waals surface area contributed by atoms with Crippen molar-refractivity contribution in [2.75, 3.05) is 6.54 Å². The average molecular weight is 373 g/mol. The number of likely N-dealkylation sites (tertiary alicyclic amines) is 1. The summed E-state index contributed by atoms with van der Waals surface area (Å²) in [6.45, 7) is 0.704. The lowest BCUT2D eigenvalue weighted by Gasteiger charge is -2.34. The molecule has 0 aromatic heterocycles.